The van der Waals surface area contributed by atoms with Crippen molar-refractivity contribution in [2.45, 2.75) is 26.3 Å². The molecular weight excluding hydrogens is 240 g/mol. The molecule has 0 aliphatic carbocycles. The van der Waals surface area contributed by atoms with E-state index in [1.165, 1.54) is 6.26 Å². The number of benzene rings is 1. The molecule has 4 nitrogen and oxygen atoms in total. The Bertz CT molecular complexity index is 518. The molecule has 1 aromatic heterocycles. The number of rotatable bonds is 5. The topological polar surface area (TPSA) is 54.3 Å². The summed E-state index contributed by atoms with van der Waals surface area (Å²) in [4.78, 5) is 11.8. The van der Waals surface area contributed by atoms with Gasteiger partial charge in [0, 0.05) is 17.4 Å². The van der Waals surface area contributed by atoms with Gasteiger partial charge >= 0.3 is 0 Å². The van der Waals surface area contributed by atoms with E-state index in [0.717, 1.165) is 17.8 Å². The Labute approximate surface area is 112 Å². The highest BCUT2D eigenvalue weighted by atomic mass is 16.3. The second kappa shape index (κ2) is 6.09. The average Bonchev–Trinajstić information content (AvgIpc) is 2.95. The molecule has 0 bridgehead atoms. The highest BCUT2D eigenvalue weighted by Crippen LogP contribution is 2.16. The fourth-order valence-electron chi connectivity index (χ4n) is 1.64. The average molecular weight is 258 g/mol. The number of carbonyl (C=O) groups is 1. The normalized spacial score (nSPS) is 11.9. The van der Waals surface area contributed by atoms with Crippen LogP contribution in [0.25, 0.3) is 0 Å². The van der Waals surface area contributed by atoms with E-state index in [-0.39, 0.29) is 5.91 Å². The van der Waals surface area contributed by atoms with Crippen LogP contribution in [-0.4, -0.2) is 11.9 Å². The van der Waals surface area contributed by atoms with Crippen LogP contribution >= 0.6 is 0 Å². The molecule has 1 heterocycles. The summed E-state index contributed by atoms with van der Waals surface area (Å²) in [7, 11) is 0. The van der Waals surface area contributed by atoms with Crippen LogP contribution in [0.5, 0.6) is 0 Å². The first-order valence-corrected chi connectivity index (χ1v) is 6.40. The molecule has 1 amide bonds. The van der Waals surface area contributed by atoms with Gasteiger partial charge in [0.25, 0.3) is 5.91 Å². The van der Waals surface area contributed by atoms with Crippen molar-refractivity contribution in [2.75, 3.05) is 10.6 Å². The number of furan rings is 1. The van der Waals surface area contributed by atoms with E-state index >= 15 is 0 Å². The van der Waals surface area contributed by atoms with Gasteiger partial charge in [0.15, 0.2) is 5.76 Å². The number of hydrogen-bond acceptors (Lipinski definition) is 3. The van der Waals surface area contributed by atoms with Gasteiger partial charge in [-0.1, -0.05) is 6.92 Å². The van der Waals surface area contributed by atoms with Crippen LogP contribution in [0.15, 0.2) is 47.1 Å². The highest BCUT2D eigenvalue weighted by Gasteiger charge is 2.08. The minimum Gasteiger partial charge on any atom is -0.459 e. The van der Waals surface area contributed by atoms with Crippen LogP contribution in [0.2, 0.25) is 0 Å². The first-order valence-electron chi connectivity index (χ1n) is 6.40. The van der Waals surface area contributed by atoms with Gasteiger partial charge in [0.2, 0.25) is 0 Å². The largest absolute Gasteiger partial charge is 0.459 e. The third kappa shape index (κ3) is 3.61. The molecule has 0 radical (unpaired) electrons. The zero-order chi connectivity index (χ0) is 13.7. The minimum absolute atomic E-state index is 0.243. The van der Waals surface area contributed by atoms with E-state index in [1.54, 1.807) is 12.1 Å². The summed E-state index contributed by atoms with van der Waals surface area (Å²) >= 11 is 0. The van der Waals surface area contributed by atoms with Crippen molar-refractivity contribution >= 4 is 17.3 Å². The van der Waals surface area contributed by atoms with Gasteiger partial charge in [-0.25, -0.2) is 0 Å². The fourth-order valence-corrected chi connectivity index (χ4v) is 1.64. The van der Waals surface area contributed by atoms with E-state index in [1.807, 2.05) is 24.3 Å². The van der Waals surface area contributed by atoms with Crippen LogP contribution in [0.1, 0.15) is 30.8 Å². The predicted molar refractivity (Wildman–Crippen MR) is 76.5 cm³/mol. The Morgan fingerprint density at radius 2 is 1.89 bits per heavy atom. The van der Waals surface area contributed by atoms with Gasteiger partial charge in [-0.15, -0.1) is 0 Å². The van der Waals surface area contributed by atoms with E-state index in [2.05, 4.69) is 24.5 Å². The first kappa shape index (κ1) is 13.2. The summed E-state index contributed by atoms with van der Waals surface area (Å²) in [6.07, 6.45) is 2.55. The number of amides is 1. The fraction of sp³-hybridized carbons (Fsp3) is 0.267. The van der Waals surface area contributed by atoms with Crippen molar-refractivity contribution in [1.82, 2.24) is 0 Å². The van der Waals surface area contributed by atoms with Crippen LogP contribution in [0.4, 0.5) is 11.4 Å². The summed E-state index contributed by atoms with van der Waals surface area (Å²) in [5.74, 6) is 0.0643. The lowest BCUT2D eigenvalue weighted by Crippen LogP contribution is -2.13. The SMILES string of the molecule is CCC(C)Nc1ccc(NC(=O)c2ccco2)cc1. The number of hydrogen-bond donors (Lipinski definition) is 2. The first-order chi connectivity index (χ1) is 9.19. The molecule has 0 saturated carbocycles. The van der Waals surface area contributed by atoms with Crippen molar-refractivity contribution in [2.24, 2.45) is 0 Å². The van der Waals surface area contributed by atoms with Crippen molar-refractivity contribution < 1.29 is 9.21 Å². The molecule has 1 aromatic carbocycles. The van der Waals surface area contributed by atoms with E-state index in [0.29, 0.717) is 11.8 Å². The number of carbonyl (C=O) groups excluding carboxylic acids is 1. The Kier molecular flexibility index (Phi) is 4.23. The maximum atomic E-state index is 11.8. The molecular formula is C15H18N2O2. The molecule has 0 fully saturated rings. The molecule has 19 heavy (non-hydrogen) atoms. The quantitative estimate of drug-likeness (QED) is 0.859. The lowest BCUT2D eigenvalue weighted by atomic mass is 10.2. The van der Waals surface area contributed by atoms with Crippen molar-refractivity contribution in [1.29, 1.82) is 0 Å². The Balaban J connectivity index is 1.97. The molecule has 0 saturated heterocycles. The molecule has 100 valence electrons. The predicted octanol–water partition coefficient (Wildman–Crippen LogP) is 3.74. The zero-order valence-corrected chi connectivity index (χ0v) is 11.1. The molecule has 2 N–H and O–H groups in total. The van der Waals surface area contributed by atoms with Crippen molar-refractivity contribution in [3.8, 4) is 0 Å². The third-order valence-corrected chi connectivity index (χ3v) is 2.91. The third-order valence-electron chi connectivity index (χ3n) is 2.91. The molecule has 4 heteroatoms. The highest BCUT2D eigenvalue weighted by molar-refractivity contribution is 6.02. The summed E-state index contributed by atoms with van der Waals surface area (Å²) in [6, 6.07) is 11.4. The maximum Gasteiger partial charge on any atom is 0.291 e. The Morgan fingerprint density at radius 3 is 2.47 bits per heavy atom. The molecule has 0 aliphatic rings. The van der Waals surface area contributed by atoms with Gasteiger partial charge in [-0.2, -0.15) is 0 Å². The Morgan fingerprint density at radius 1 is 1.21 bits per heavy atom. The van der Waals surface area contributed by atoms with Crippen molar-refractivity contribution in [3.63, 3.8) is 0 Å². The molecule has 0 spiro atoms. The maximum absolute atomic E-state index is 11.8. The number of anilines is 2. The van der Waals surface area contributed by atoms with E-state index < -0.39 is 0 Å². The van der Waals surface area contributed by atoms with Gasteiger partial charge in [-0.05, 0) is 49.7 Å². The summed E-state index contributed by atoms with van der Waals surface area (Å²) in [5.41, 5.74) is 1.79. The minimum atomic E-state index is -0.243. The monoisotopic (exact) mass is 258 g/mol. The number of nitrogens with one attached hydrogen (secondary N) is 2. The Hall–Kier alpha value is -2.23. The van der Waals surface area contributed by atoms with Gasteiger partial charge in [-0.3, -0.25) is 4.79 Å². The second-order valence-electron chi connectivity index (χ2n) is 4.46. The standard InChI is InChI=1S/C15H18N2O2/c1-3-11(2)16-12-6-8-13(9-7-12)17-15(18)14-5-4-10-19-14/h4-11,16H,3H2,1-2H3,(H,17,18). The smallest absolute Gasteiger partial charge is 0.291 e. The van der Waals surface area contributed by atoms with Crippen LogP contribution in [0.3, 0.4) is 0 Å². The summed E-state index contributed by atoms with van der Waals surface area (Å²) in [6.45, 7) is 4.27. The van der Waals surface area contributed by atoms with Crippen LogP contribution in [-0.2, 0) is 0 Å². The van der Waals surface area contributed by atoms with Gasteiger partial charge < -0.3 is 15.1 Å². The lowest BCUT2D eigenvalue weighted by Gasteiger charge is -2.13. The second-order valence-corrected chi connectivity index (χ2v) is 4.46. The van der Waals surface area contributed by atoms with E-state index in [4.69, 9.17) is 4.42 Å². The van der Waals surface area contributed by atoms with Crippen molar-refractivity contribution in [3.05, 3.63) is 48.4 Å². The molecule has 1 atom stereocenters. The summed E-state index contributed by atoms with van der Waals surface area (Å²) < 4.78 is 5.03. The van der Waals surface area contributed by atoms with Gasteiger partial charge in [0.1, 0.15) is 0 Å². The molecule has 0 aliphatic heterocycles. The van der Waals surface area contributed by atoms with E-state index in [9.17, 15) is 4.79 Å². The molecule has 1 unspecified atom stereocenters. The lowest BCUT2D eigenvalue weighted by molar-refractivity contribution is 0.0996. The van der Waals surface area contributed by atoms with Crippen LogP contribution in [0, 0.1) is 0 Å². The van der Waals surface area contributed by atoms with Crippen LogP contribution < -0.4 is 10.6 Å². The zero-order valence-electron chi connectivity index (χ0n) is 11.1. The van der Waals surface area contributed by atoms with Gasteiger partial charge in [0.05, 0.1) is 6.26 Å². The summed E-state index contributed by atoms with van der Waals surface area (Å²) in [5, 5.41) is 6.15. The molecule has 2 rings (SSSR count). The molecule has 2 aromatic rings.